The van der Waals surface area contributed by atoms with Crippen LogP contribution in [0.3, 0.4) is 0 Å². The summed E-state index contributed by atoms with van der Waals surface area (Å²) >= 11 is 0. The van der Waals surface area contributed by atoms with E-state index in [9.17, 15) is 19.7 Å². The van der Waals surface area contributed by atoms with E-state index in [0.29, 0.717) is 12.5 Å². The minimum Gasteiger partial charge on any atom is -0.480 e. The molecule has 0 aliphatic heterocycles. The molecule has 1 aromatic rings. The van der Waals surface area contributed by atoms with Crippen molar-refractivity contribution in [3.63, 3.8) is 0 Å². The number of nitrogens with zero attached hydrogens (tertiary/aromatic N) is 1. The van der Waals surface area contributed by atoms with Gasteiger partial charge < -0.3 is 21.5 Å². The summed E-state index contributed by atoms with van der Waals surface area (Å²) in [5.41, 5.74) is 5.70. The number of non-ortho nitro benzene ring substituents is 1. The molecule has 0 aromatic heterocycles. The molecule has 0 heterocycles. The summed E-state index contributed by atoms with van der Waals surface area (Å²) < 4.78 is 0. The number of nitrogen functional groups attached to an aromatic ring is 1. The summed E-state index contributed by atoms with van der Waals surface area (Å²) in [7, 11) is 0. The molecule has 0 radical (unpaired) electrons. The second kappa shape index (κ2) is 8.82. The molecular weight excluding hydrogens is 316 g/mol. The number of hydrogen-bond donors (Lipinski definition) is 4. The third kappa shape index (κ3) is 6.21. The summed E-state index contributed by atoms with van der Waals surface area (Å²) in [6, 6.07) is 2.63. The molecule has 0 saturated carbocycles. The van der Waals surface area contributed by atoms with Crippen molar-refractivity contribution in [3.8, 4) is 0 Å². The Morgan fingerprint density at radius 3 is 2.58 bits per heavy atom. The van der Waals surface area contributed by atoms with Gasteiger partial charge in [0.25, 0.3) is 5.69 Å². The van der Waals surface area contributed by atoms with E-state index in [0.717, 1.165) is 12.5 Å². The van der Waals surface area contributed by atoms with Gasteiger partial charge in [0.2, 0.25) is 5.91 Å². The normalized spacial score (nSPS) is 12.0. The van der Waals surface area contributed by atoms with Crippen molar-refractivity contribution in [3.05, 3.63) is 28.3 Å². The summed E-state index contributed by atoms with van der Waals surface area (Å²) in [6.45, 7) is 4.49. The molecule has 5 N–H and O–H groups in total. The molecule has 132 valence electrons. The van der Waals surface area contributed by atoms with Crippen molar-refractivity contribution < 1.29 is 19.6 Å². The molecule has 0 saturated heterocycles. The van der Waals surface area contributed by atoms with Gasteiger partial charge in [-0.15, -0.1) is 0 Å². The quantitative estimate of drug-likeness (QED) is 0.303. The molecular formula is C15H22N4O5. The number of aliphatic carboxylic acids is 1. The summed E-state index contributed by atoms with van der Waals surface area (Å²) in [4.78, 5) is 33.4. The van der Waals surface area contributed by atoms with Gasteiger partial charge in [0.15, 0.2) is 0 Å². The van der Waals surface area contributed by atoms with Crippen LogP contribution in [0.15, 0.2) is 18.2 Å². The van der Waals surface area contributed by atoms with Gasteiger partial charge in [-0.25, -0.2) is 0 Å². The number of carbonyl (C=O) groups excluding carboxylic acids is 1. The van der Waals surface area contributed by atoms with Crippen LogP contribution in [0.25, 0.3) is 0 Å². The molecule has 9 heteroatoms. The van der Waals surface area contributed by atoms with Gasteiger partial charge in [0, 0.05) is 12.1 Å². The average molecular weight is 338 g/mol. The maximum Gasteiger partial charge on any atom is 0.321 e. The summed E-state index contributed by atoms with van der Waals surface area (Å²) in [5.74, 6) is -1.32. The Labute approximate surface area is 139 Å². The first-order chi connectivity index (χ1) is 11.2. The standard InChI is InChI=1S/C15H22N4O5/c1-9(2)5-6-17-13(15(21)22)8-14(20)18-12-7-10(19(23)24)3-4-11(12)16/h3-4,7,9,13,17H,5-6,8,16H2,1-2H3,(H,18,20)(H,21,22). The Morgan fingerprint density at radius 2 is 2.04 bits per heavy atom. The second-order valence-electron chi connectivity index (χ2n) is 5.81. The van der Waals surface area contributed by atoms with E-state index >= 15 is 0 Å². The molecule has 24 heavy (non-hydrogen) atoms. The Morgan fingerprint density at radius 1 is 1.38 bits per heavy atom. The highest BCUT2D eigenvalue weighted by molar-refractivity contribution is 5.96. The molecule has 0 aliphatic rings. The number of hydrogen-bond acceptors (Lipinski definition) is 6. The van der Waals surface area contributed by atoms with Gasteiger partial charge in [0.1, 0.15) is 6.04 Å². The number of carboxylic acids is 1. The number of carbonyl (C=O) groups is 2. The zero-order valence-electron chi connectivity index (χ0n) is 13.6. The van der Waals surface area contributed by atoms with E-state index in [-0.39, 0.29) is 23.5 Å². The molecule has 1 rings (SSSR count). The van der Waals surface area contributed by atoms with Crippen molar-refractivity contribution in [2.24, 2.45) is 5.92 Å². The first kappa shape index (κ1) is 19.4. The number of rotatable bonds is 9. The Balaban J connectivity index is 2.70. The number of nitro groups is 1. The highest BCUT2D eigenvalue weighted by atomic mass is 16.6. The SMILES string of the molecule is CC(C)CCNC(CC(=O)Nc1cc([N+](=O)[O-])ccc1N)C(=O)O. The number of carboxylic acid groups (broad SMARTS) is 1. The lowest BCUT2D eigenvalue weighted by Gasteiger charge is -2.15. The van der Waals surface area contributed by atoms with Crippen LogP contribution in [-0.2, 0) is 9.59 Å². The van der Waals surface area contributed by atoms with Crippen molar-refractivity contribution in [1.82, 2.24) is 5.32 Å². The van der Waals surface area contributed by atoms with Crippen LogP contribution in [0, 0.1) is 16.0 Å². The lowest BCUT2D eigenvalue weighted by molar-refractivity contribution is -0.384. The minimum absolute atomic E-state index is 0.0838. The minimum atomic E-state index is -1.14. The molecule has 0 spiro atoms. The van der Waals surface area contributed by atoms with Crippen molar-refractivity contribution in [2.75, 3.05) is 17.6 Å². The molecule has 0 aliphatic carbocycles. The Bertz CT molecular complexity index is 618. The van der Waals surface area contributed by atoms with E-state index in [2.05, 4.69) is 10.6 Å². The topological polar surface area (TPSA) is 148 Å². The van der Waals surface area contributed by atoms with Gasteiger partial charge in [-0.2, -0.15) is 0 Å². The fraction of sp³-hybridized carbons (Fsp3) is 0.467. The smallest absolute Gasteiger partial charge is 0.321 e. The number of nitrogens with two attached hydrogens (primary N) is 1. The van der Waals surface area contributed by atoms with Crippen LogP contribution in [-0.4, -0.2) is 34.5 Å². The molecule has 0 fully saturated rings. The molecule has 9 nitrogen and oxygen atoms in total. The van der Waals surface area contributed by atoms with Crippen molar-refractivity contribution in [2.45, 2.75) is 32.7 Å². The highest BCUT2D eigenvalue weighted by Gasteiger charge is 2.21. The van der Waals surface area contributed by atoms with Gasteiger partial charge >= 0.3 is 5.97 Å². The largest absolute Gasteiger partial charge is 0.480 e. The molecule has 1 amide bonds. The van der Waals surface area contributed by atoms with Crippen molar-refractivity contribution in [1.29, 1.82) is 0 Å². The molecule has 1 aromatic carbocycles. The number of benzene rings is 1. The van der Waals surface area contributed by atoms with Crippen LogP contribution in [0.5, 0.6) is 0 Å². The number of anilines is 2. The summed E-state index contributed by atoms with van der Waals surface area (Å²) in [5, 5.41) is 25.2. The zero-order chi connectivity index (χ0) is 18.3. The van der Waals surface area contributed by atoms with Gasteiger partial charge in [-0.05, 0) is 24.9 Å². The third-order valence-corrected chi connectivity index (χ3v) is 3.32. The number of nitrogens with one attached hydrogen (secondary N) is 2. The maximum atomic E-state index is 12.0. The van der Waals surface area contributed by atoms with Gasteiger partial charge in [-0.3, -0.25) is 19.7 Å². The fourth-order valence-electron chi connectivity index (χ4n) is 1.95. The van der Waals surface area contributed by atoms with Crippen LogP contribution < -0.4 is 16.4 Å². The first-order valence-corrected chi connectivity index (χ1v) is 7.50. The van der Waals surface area contributed by atoms with Gasteiger partial charge in [-0.1, -0.05) is 13.8 Å². The Kier molecular flexibility index (Phi) is 7.12. The van der Waals surface area contributed by atoms with Gasteiger partial charge in [0.05, 0.1) is 22.7 Å². The van der Waals surface area contributed by atoms with Crippen LogP contribution in [0.2, 0.25) is 0 Å². The maximum absolute atomic E-state index is 12.0. The third-order valence-electron chi connectivity index (χ3n) is 3.32. The Hall–Kier alpha value is -2.68. The van der Waals surface area contributed by atoms with Crippen LogP contribution in [0.4, 0.5) is 17.1 Å². The molecule has 0 bridgehead atoms. The van der Waals surface area contributed by atoms with Crippen LogP contribution in [0.1, 0.15) is 26.7 Å². The fourth-order valence-corrected chi connectivity index (χ4v) is 1.95. The predicted molar refractivity (Wildman–Crippen MR) is 89.6 cm³/mol. The molecule has 1 atom stereocenters. The molecule has 1 unspecified atom stereocenters. The first-order valence-electron chi connectivity index (χ1n) is 7.50. The average Bonchev–Trinajstić information content (AvgIpc) is 2.47. The van der Waals surface area contributed by atoms with Crippen molar-refractivity contribution >= 4 is 28.9 Å². The number of amides is 1. The van der Waals surface area contributed by atoms with E-state index < -0.39 is 22.8 Å². The number of nitro benzene ring substituents is 1. The van der Waals surface area contributed by atoms with E-state index in [1.807, 2.05) is 13.8 Å². The predicted octanol–water partition coefficient (Wildman–Crippen LogP) is 1.59. The van der Waals surface area contributed by atoms with E-state index in [4.69, 9.17) is 10.8 Å². The lowest BCUT2D eigenvalue weighted by Crippen LogP contribution is -2.40. The van der Waals surface area contributed by atoms with E-state index in [1.165, 1.54) is 12.1 Å². The second-order valence-corrected chi connectivity index (χ2v) is 5.81. The monoisotopic (exact) mass is 338 g/mol. The lowest BCUT2D eigenvalue weighted by atomic mass is 10.1. The highest BCUT2D eigenvalue weighted by Crippen LogP contribution is 2.24. The zero-order valence-corrected chi connectivity index (χ0v) is 13.6. The summed E-state index contributed by atoms with van der Waals surface area (Å²) in [6.07, 6.45) is 0.471. The van der Waals surface area contributed by atoms with E-state index in [1.54, 1.807) is 0 Å². The van der Waals surface area contributed by atoms with Crippen LogP contribution >= 0.6 is 0 Å².